The predicted molar refractivity (Wildman–Crippen MR) is 135 cm³/mol. The number of nitrogen functional groups attached to an aromatic ring is 1. The third-order valence-corrected chi connectivity index (χ3v) is 7.65. The van der Waals surface area contributed by atoms with Crippen molar-refractivity contribution in [2.45, 2.75) is 37.6 Å². The Morgan fingerprint density at radius 3 is 2.59 bits per heavy atom. The second kappa shape index (κ2) is 9.58. The topological polar surface area (TPSA) is 128 Å². The first kappa shape index (κ1) is 26.3. The van der Waals surface area contributed by atoms with Gasteiger partial charge in [-0.3, -0.25) is 4.79 Å². The number of halogens is 2. The summed E-state index contributed by atoms with van der Waals surface area (Å²) < 4.78 is 61.0. The van der Waals surface area contributed by atoms with Crippen molar-refractivity contribution < 1.29 is 26.7 Å². The number of pyridine rings is 2. The number of nitrogens with two attached hydrogens (primary N) is 1. The first-order valence-corrected chi connectivity index (χ1v) is 12.9. The summed E-state index contributed by atoms with van der Waals surface area (Å²) >= 11 is 0. The average Bonchev–Trinajstić information content (AvgIpc) is 3.11. The Labute approximate surface area is 213 Å². The molecule has 0 unspecified atom stereocenters. The van der Waals surface area contributed by atoms with Crippen LogP contribution < -0.4 is 20.1 Å². The second-order valence-corrected chi connectivity index (χ2v) is 11.2. The van der Waals surface area contributed by atoms with Crippen LogP contribution in [-0.4, -0.2) is 43.5 Å². The standard InChI is InChI=1S/C25H27F2N5O4S/c1-14-12-25(2,3)32(13-14)23-16(24(33)31-37(34,35)20-6-5-9-29-22(20)28)7-8-18(30-23)15-10-17(26)21(27)19(11-15)36-4/h5-11,14H,12-13H2,1-4H3,(H2,28,29)(H,31,33)/t14-/m0/s1. The molecule has 3 heterocycles. The number of nitrogens with one attached hydrogen (secondary N) is 1. The summed E-state index contributed by atoms with van der Waals surface area (Å²) in [7, 11) is -3.12. The number of carbonyl (C=O) groups excluding carboxylic acids is 1. The van der Waals surface area contributed by atoms with Crippen molar-refractivity contribution in [3.63, 3.8) is 0 Å². The number of sulfonamides is 1. The third-order valence-electron chi connectivity index (χ3n) is 6.28. The Bertz CT molecular complexity index is 1480. The molecule has 3 aromatic rings. The molecule has 4 rings (SSSR count). The van der Waals surface area contributed by atoms with Crippen LogP contribution in [0.5, 0.6) is 5.75 Å². The van der Waals surface area contributed by atoms with E-state index < -0.39 is 33.1 Å². The van der Waals surface area contributed by atoms with Crippen molar-refractivity contribution in [2.75, 3.05) is 24.3 Å². The van der Waals surface area contributed by atoms with Crippen molar-refractivity contribution in [2.24, 2.45) is 5.92 Å². The number of methoxy groups -OCH3 is 1. The molecule has 0 spiro atoms. The zero-order valence-corrected chi connectivity index (χ0v) is 21.6. The minimum absolute atomic E-state index is 0.00786. The van der Waals surface area contributed by atoms with Crippen LogP contribution in [-0.2, 0) is 10.0 Å². The van der Waals surface area contributed by atoms with Gasteiger partial charge in [0.25, 0.3) is 15.9 Å². The molecule has 0 saturated carbocycles. The highest BCUT2D eigenvalue weighted by Crippen LogP contribution is 2.39. The van der Waals surface area contributed by atoms with E-state index in [0.29, 0.717) is 6.54 Å². The molecule has 1 atom stereocenters. The Kier molecular flexibility index (Phi) is 6.80. The molecule has 0 bridgehead atoms. The first-order chi connectivity index (χ1) is 17.3. The molecule has 1 fully saturated rings. The number of ether oxygens (including phenoxy) is 1. The summed E-state index contributed by atoms with van der Waals surface area (Å²) in [5.74, 6) is -3.24. The molecular weight excluding hydrogens is 504 g/mol. The van der Waals surface area contributed by atoms with E-state index in [1.54, 1.807) is 0 Å². The van der Waals surface area contributed by atoms with Gasteiger partial charge in [0, 0.05) is 23.8 Å². The van der Waals surface area contributed by atoms with Gasteiger partial charge in [-0.25, -0.2) is 27.5 Å². The number of hydrogen-bond acceptors (Lipinski definition) is 8. The number of anilines is 2. The van der Waals surface area contributed by atoms with Crippen molar-refractivity contribution in [3.05, 3.63) is 59.8 Å². The minimum atomic E-state index is -4.34. The van der Waals surface area contributed by atoms with Gasteiger partial charge in [-0.2, -0.15) is 4.39 Å². The van der Waals surface area contributed by atoms with Crippen LogP contribution in [0, 0.1) is 17.6 Å². The quantitative estimate of drug-likeness (QED) is 0.492. The van der Waals surface area contributed by atoms with E-state index in [4.69, 9.17) is 10.5 Å². The lowest BCUT2D eigenvalue weighted by Crippen LogP contribution is -2.41. The van der Waals surface area contributed by atoms with Crippen LogP contribution in [0.1, 0.15) is 37.6 Å². The Hall–Kier alpha value is -3.80. The molecule has 0 aliphatic carbocycles. The molecule has 0 radical (unpaired) electrons. The molecule has 1 saturated heterocycles. The van der Waals surface area contributed by atoms with Gasteiger partial charge >= 0.3 is 0 Å². The van der Waals surface area contributed by atoms with Crippen molar-refractivity contribution in [1.29, 1.82) is 0 Å². The van der Waals surface area contributed by atoms with E-state index in [9.17, 15) is 22.0 Å². The van der Waals surface area contributed by atoms with E-state index in [2.05, 4.69) is 16.9 Å². The fourth-order valence-corrected chi connectivity index (χ4v) is 5.72. The SMILES string of the molecule is COc1cc(-c2ccc(C(=O)NS(=O)(=O)c3cccnc3N)c(N3C[C@@H](C)CC3(C)C)n2)cc(F)c1F. The molecule has 1 aliphatic heterocycles. The zero-order chi connectivity index (χ0) is 27.1. The van der Waals surface area contributed by atoms with Crippen molar-refractivity contribution in [1.82, 2.24) is 14.7 Å². The number of nitrogens with zero attached hydrogens (tertiary/aromatic N) is 3. The van der Waals surface area contributed by atoms with Crippen molar-refractivity contribution >= 4 is 27.6 Å². The van der Waals surface area contributed by atoms with Gasteiger partial charge in [-0.15, -0.1) is 0 Å². The maximum Gasteiger partial charge on any atom is 0.268 e. The number of benzene rings is 1. The van der Waals surface area contributed by atoms with Gasteiger partial charge < -0.3 is 15.4 Å². The van der Waals surface area contributed by atoms with Gasteiger partial charge in [0.1, 0.15) is 16.5 Å². The number of amides is 1. The second-order valence-electron chi connectivity index (χ2n) is 9.60. The fraction of sp³-hybridized carbons (Fsp3) is 0.320. The van der Waals surface area contributed by atoms with Gasteiger partial charge in [0.2, 0.25) is 5.82 Å². The number of carbonyl (C=O) groups is 1. The van der Waals surface area contributed by atoms with Crippen molar-refractivity contribution in [3.8, 4) is 17.0 Å². The number of hydrogen-bond donors (Lipinski definition) is 2. The van der Waals surface area contributed by atoms with Crippen LogP contribution in [0.25, 0.3) is 11.3 Å². The highest BCUT2D eigenvalue weighted by atomic mass is 32.2. The number of aromatic nitrogens is 2. The summed E-state index contributed by atoms with van der Waals surface area (Å²) in [4.78, 5) is 23.3. The largest absolute Gasteiger partial charge is 0.494 e. The van der Waals surface area contributed by atoms with Crippen LogP contribution in [0.3, 0.4) is 0 Å². The summed E-state index contributed by atoms with van der Waals surface area (Å²) in [5, 5.41) is 0. The summed E-state index contributed by atoms with van der Waals surface area (Å²) in [6.07, 6.45) is 2.13. The van der Waals surface area contributed by atoms with E-state index >= 15 is 0 Å². The molecule has 9 nitrogen and oxygen atoms in total. The van der Waals surface area contributed by atoms with Crippen LogP contribution in [0.2, 0.25) is 0 Å². The molecule has 3 N–H and O–H groups in total. The molecule has 1 aromatic carbocycles. The van der Waals surface area contributed by atoms with Gasteiger partial charge in [0.15, 0.2) is 11.6 Å². The summed E-state index contributed by atoms with van der Waals surface area (Å²) in [6.45, 7) is 6.58. The Morgan fingerprint density at radius 2 is 1.97 bits per heavy atom. The lowest BCUT2D eigenvalue weighted by Gasteiger charge is -2.34. The molecule has 1 aliphatic rings. The third kappa shape index (κ3) is 5.06. The van der Waals surface area contributed by atoms with E-state index in [0.717, 1.165) is 12.5 Å². The smallest absolute Gasteiger partial charge is 0.268 e. The molecule has 1 amide bonds. The molecule has 37 heavy (non-hydrogen) atoms. The molecular formula is C25H27F2N5O4S. The highest BCUT2D eigenvalue weighted by molar-refractivity contribution is 7.90. The minimum Gasteiger partial charge on any atom is -0.494 e. The number of rotatable bonds is 6. The Balaban J connectivity index is 1.82. The van der Waals surface area contributed by atoms with Crippen LogP contribution in [0.4, 0.5) is 20.4 Å². The first-order valence-electron chi connectivity index (χ1n) is 11.4. The van der Waals surface area contributed by atoms with Gasteiger partial charge in [0.05, 0.1) is 18.4 Å². The van der Waals surface area contributed by atoms with Crippen LogP contribution in [0.15, 0.2) is 47.5 Å². The highest BCUT2D eigenvalue weighted by Gasteiger charge is 2.39. The Morgan fingerprint density at radius 1 is 1.24 bits per heavy atom. The fourth-order valence-electron chi connectivity index (χ4n) is 4.67. The van der Waals surface area contributed by atoms with Gasteiger partial charge in [-0.1, -0.05) is 6.92 Å². The maximum absolute atomic E-state index is 14.2. The molecule has 12 heteroatoms. The predicted octanol–water partition coefficient (Wildman–Crippen LogP) is 3.76. The van der Waals surface area contributed by atoms with E-state index in [1.807, 2.05) is 23.5 Å². The maximum atomic E-state index is 14.2. The summed E-state index contributed by atoms with van der Waals surface area (Å²) in [5.41, 5.74) is 5.75. The monoisotopic (exact) mass is 531 g/mol. The zero-order valence-electron chi connectivity index (χ0n) is 20.7. The molecule has 2 aromatic heterocycles. The van der Waals surface area contributed by atoms with E-state index in [-0.39, 0.29) is 45.0 Å². The van der Waals surface area contributed by atoms with Gasteiger partial charge in [-0.05, 0) is 62.6 Å². The lowest BCUT2D eigenvalue weighted by molar-refractivity contribution is 0.0981. The summed E-state index contributed by atoms with van der Waals surface area (Å²) in [6, 6.07) is 7.75. The molecule has 196 valence electrons. The van der Waals surface area contributed by atoms with E-state index in [1.165, 1.54) is 43.6 Å². The normalized spacial score (nSPS) is 17.0. The average molecular weight is 532 g/mol. The van der Waals surface area contributed by atoms with Crippen LogP contribution >= 0.6 is 0 Å². The lowest BCUT2D eigenvalue weighted by atomic mass is 9.97.